The lowest BCUT2D eigenvalue weighted by molar-refractivity contribution is 0.665. The van der Waals surface area contributed by atoms with Gasteiger partial charge in [-0.1, -0.05) is 89.1 Å². The van der Waals surface area contributed by atoms with Gasteiger partial charge in [0.05, 0.1) is 0 Å². The molecule has 176 valence electrons. The van der Waals surface area contributed by atoms with Gasteiger partial charge in [-0.25, -0.2) is 0 Å². The van der Waals surface area contributed by atoms with Gasteiger partial charge in [0.25, 0.3) is 0 Å². The molecule has 2 unspecified atom stereocenters. The Morgan fingerprint density at radius 1 is 0.529 bits per heavy atom. The molecule has 4 aromatic carbocycles. The molecule has 0 bridgehead atoms. The zero-order valence-electron chi connectivity index (χ0n) is 21.1. The summed E-state index contributed by atoms with van der Waals surface area (Å²) in [4.78, 5) is 0. The first-order valence-electron chi connectivity index (χ1n) is 12.8. The molecule has 34 heavy (non-hydrogen) atoms. The maximum absolute atomic E-state index is 3.64. The largest absolute Gasteiger partial charge is 0.355 e. The minimum absolute atomic E-state index is 0.606. The van der Waals surface area contributed by atoms with Crippen molar-refractivity contribution >= 4 is 33.5 Å². The van der Waals surface area contributed by atoms with E-state index in [2.05, 4.69) is 123 Å². The third kappa shape index (κ3) is 5.62. The molecular formula is C32H38N2. The van der Waals surface area contributed by atoms with Crippen LogP contribution in [0.4, 0.5) is 22.7 Å². The predicted octanol–water partition coefficient (Wildman–Crippen LogP) is 10.1. The SMILES string of the molecule is CCCC(C)c1ccc(Nc2cccc3c(Nc4ccc(C(C)CCC)cc4)cccc23)cc1. The van der Waals surface area contributed by atoms with Crippen LogP contribution in [0.1, 0.15) is 76.3 Å². The molecule has 0 radical (unpaired) electrons. The number of hydrogen-bond acceptors (Lipinski definition) is 2. The van der Waals surface area contributed by atoms with E-state index in [0.29, 0.717) is 11.8 Å². The van der Waals surface area contributed by atoms with E-state index in [9.17, 15) is 0 Å². The Kier molecular flexibility index (Phi) is 7.90. The fraction of sp³-hybridized carbons (Fsp3) is 0.312. The molecule has 4 rings (SSSR count). The summed E-state index contributed by atoms with van der Waals surface area (Å²) in [5.74, 6) is 1.21. The van der Waals surface area contributed by atoms with Crippen LogP contribution in [0.15, 0.2) is 84.9 Å². The average Bonchev–Trinajstić information content (AvgIpc) is 2.86. The number of nitrogens with one attached hydrogen (secondary N) is 2. The summed E-state index contributed by atoms with van der Waals surface area (Å²) in [6.07, 6.45) is 4.89. The summed E-state index contributed by atoms with van der Waals surface area (Å²) in [5.41, 5.74) is 7.31. The minimum atomic E-state index is 0.606. The van der Waals surface area contributed by atoms with E-state index in [-0.39, 0.29) is 0 Å². The normalized spacial score (nSPS) is 12.9. The zero-order chi connectivity index (χ0) is 23.9. The van der Waals surface area contributed by atoms with Gasteiger partial charge < -0.3 is 10.6 Å². The molecule has 4 aromatic rings. The van der Waals surface area contributed by atoms with Crippen LogP contribution in [0, 0.1) is 0 Å². The van der Waals surface area contributed by atoms with E-state index in [1.54, 1.807) is 0 Å². The molecule has 0 amide bonds. The Labute approximate surface area is 205 Å². The highest BCUT2D eigenvalue weighted by Gasteiger charge is 2.09. The standard InChI is InChI=1S/C32H38N2/c1-5-9-23(3)25-15-19-27(20-16-25)33-31-13-7-12-30-29(31)11-8-14-32(30)34-28-21-17-26(18-22-28)24(4)10-6-2/h7-8,11-24,33-34H,5-6,9-10H2,1-4H3. The molecule has 2 heteroatoms. The fourth-order valence-electron chi connectivity index (χ4n) is 4.83. The maximum Gasteiger partial charge on any atom is 0.0464 e. The van der Waals surface area contributed by atoms with Crippen molar-refractivity contribution in [1.82, 2.24) is 0 Å². The Hall–Kier alpha value is -3.26. The lowest BCUT2D eigenvalue weighted by Crippen LogP contribution is -1.97. The van der Waals surface area contributed by atoms with Gasteiger partial charge in [0, 0.05) is 33.5 Å². The summed E-state index contributed by atoms with van der Waals surface area (Å²) >= 11 is 0. The molecule has 0 aliphatic carbocycles. The molecule has 0 spiro atoms. The second-order valence-corrected chi connectivity index (χ2v) is 9.58. The van der Waals surface area contributed by atoms with Crippen LogP contribution in [0.2, 0.25) is 0 Å². The summed E-state index contributed by atoms with van der Waals surface area (Å²) < 4.78 is 0. The number of anilines is 4. The lowest BCUT2D eigenvalue weighted by atomic mass is 9.96. The maximum atomic E-state index is 3.64. The summed E-state index contributed by atoms with van der Waals surface area (Å²) in [5, 5.41) is 9.70. The number of fused-ring (bicyclic) bond motifs is 1. The van der Waals surface area contributed by atoms with Crippen molar-refractivity contribution in [2.75, 3.05) is 10.6 Å². The van der Waals surface area contributed by atoms with Crippen molar-refractivity contribution in [3.05, 3.63) is 96.1 Å². The van der Waals surface area contributed by atoms with E-state index in [4.69, 9.17) is 0 Å². The van der Waals surface area contributed by atoms with E-state index < -0.39 is 0 Å². The smallest absolute Gasteiger partial charge is 0.0464 e. The molecule has 0 aliphatic heterocycles. The van der Waals surface area contributed by atoms with Crippen LogP contribution in [-0.4, -0.2) is 0 Å². The lowest BCUT2D eigenvalue weighted by Gasteiger charge is -2.16. The molecule has 0 heterocycles. The van der Waals surface area contributed by atoms with Crippen LogP contribution < -0.4 is 10.6 Å². The minimum Gasteiger partial charge on any atom is -0.355 e. The molecule has 2 N–H and O–H groups in total. The van der Waals surface area contributed by atoms with Gasteiger partial charge in [0.15, 0.2) is 0 Å². The van der Waals surface area contributed by atoms with Gasteiger partial charge in [0.1, 0.15) is 0 Å². The molecule has 2 nitrogen and oxygen atoms in total. The van der Waals surface area contributed by atoms with Crippen LogP contribution in [0.3, 0.4) is 0 Å². The molecule has 0 saturated heterocycles. The zero-order valence-corrected chi connectivity index (χ0v) is 21.1. The third-order valence-electron chi connectivity index (χ3n) is 6.88. The van der Waals surface area contributed by atoms with E-state index in [0.717, 1.165) is 22.7 Å². The van der Waals surface area contributed by atoms with Crippen molar-refractivity contribution in [1.29, 1.82) is 0 Å². The summed E-state index contributed by atoms with van der Waals surface area (Å²) in [6.45, 7) is 9.12. The predicted molar refractivity (Wildman–Crippen MR) is 150 cm³/mol. The van der Waals surface area contributed by atoms with Crippen LogP contribution in [-0.2, 0) is 0 Å². The highest BCUT2D eigenvalue weighted by atomic mass is 14.9. The van der Waals surface area contributed by atoms with Gasteiger partial charge in [-0.2, -0.15) is 0 Å². The second kappa shape index (κ2) is 11.2. The summed E-state index contributed by atoms with van der Waals surface area (Å²) in [7, 11) is 0. The van der Waals surface area contributed by atoms with Crippen LogP contribution >= 0.6 is 0 Å². The Bertz CT molecular complexity index is 1100. The fourth-order valence-corrected chi connectivity index (χ4v) is 4.83. The molecule has 0 aliphatic rings. The van der Waals surface area contributed by atoms with Crippen molar-refractivity contribution in [3.8, 4) is 0 Å². The second-order valence-electron chi connectivity index (χ2n) is 9.58. The molecule has 0 aromatic heterocycles. The Balaban J connectivity index is 1.54. The van der Waals surface area contributed by atoms with Crippen molar-refractivity contribution < 1.29 is 0 Å². The summed E-state index contributed by atoms with van der Waals surface area (Å²) in [6, 6.07) is 30.8. The number of benzene rings is 4. The van der Waals surface area contributed by atoms with Gasteiger partial charge in [0.2, 0.25) is 0 Å². The highest BCUT2D eigenvalue weighted by molar-refractivity contribution is 6.03. The van der Waals surface area contributed by atoms with Crippen molar-refractivity contribution in [2.45, 2.75) is 65.2 Å². The van der Waals surface area contributed by atoms with Gasteiger partial charge in [-0.3, -0.25) is 0 Å². The van der Waals surface area contributed by atoms with Gasteiger partial charge in [-0.05, 0) is 72.2 Å². The number of rotatable bonds is 10. The van der Waals surface area contributed by atoms with Crippen LogP contribution in [0.25, 0.3) is 10.8 Å². The quantitative estimate of drug-likeness (QED) is 0.251. The Morgan fingerprint density at radius 3 is 1.26 bits per heavy atom. The van der Waals surface area contributed by atoms with Gasteiger partial charge >= 0.3 is 0 Å². The van der Waals surface area contributed by atoms with E-state index >= 15 is 0 Å². The first kappa shape index (κ1) is 23.9. The highest BCUT2D eigenvalue weighted by Crippen LogP contribution is 2.33. The third-order valence-corrected chi connectivity index (χ3v) is 6.88. The molecule has 0 saturated carbocycles. The topological polar surface area (TPSA) is 24.1 Å². The molecule has 2 atom stereocenters. The van der Waals surface area contributed by atoms with E-state index in [1.807, 2.05) is 0 Å². The average molecular weight is 451 g/mol. The monoisotopic (exact) mass is 450 g/mol. The molecule has 0 fully saturated rings. The van der Waals surface area contributed by atoms with Crippen LogP contribution in [0.5, 0.6) is 0 Å². The van der Waals surface area contributed by atoms with E-state index in [1.165, 1.54) is 47.6 Å². The Morgan fingerprint density at radius 2 is 0.912 bits per heavy atom. The van der Waals surface area contributed by atoms with Crippen molar-refractivity contribution in [2.24, 2.45) is 0 Å². The number of hydrogen-bond donors (Lipinski definition) is 2. The van der Waals surface area contributed by atoms with Gasteiger partial charge in [-0.15, -0.1) is 0 Å². The first-order valence-corrected chi connectivity index (χ1v) is 12.8. The first-order chi connectivity index (χ1) is 16.6. The van der Waals surface area contributed by atoms with Crippen molar-refractivity contribution in [3.63, 3.8) is 0 Å². The molecular weight excluding hydrogens is 412 g/mol.